The summed E-state index contributed by atoms with van der Waals surface area (Å²) in [6, 6.07) is 12.2. The van der Waals surface area contributed by atoms with Crippen LogP contribution in [0.15, 0.2) is 58.0 Å². The highest BCUT2D eigenvalue weighted by Crippen LogP contribution is 2.35. The summed E-state index contributed by atoms with van der Waals surface area (Å²) in [6.07, 6.45) is 2.46. The summed E-state index contributed by atoms with van der Waals surface area (Å²) in [5.74, 6) is 0.664. The Hall–Kier alpha value is -1.94. The molecule has 0 N–H and O–H groups in total. The largest absolute Gasteiger partial charge is 0.490 e. The van der Waals surface area contributed by atoms with Crippen LogP contribution < -0.4 is 4.74 Å². The molecule has 0 unspecified atom stereocenters. The van der Waals surface area contributed by atoms with Gasteiger partial charge in [-0.15, -0.1) is 5.10 Å². The molecule has 1 aliphatic heterocycles. The lowest BCUT2D eigenvalue weighted by Gasteiger charge is -2.28. The van der Waals surface area contributed by atoms with Crippen LogP contribution in [0.4, 0.5) is 0 Å². The van der Waals surface area contributed by atoms with Crippen molar-refractivity contribution < 1.29 is 13.2 Å². The van der Waals surface area contributed by atoms with Crippen LogP contribution in [0.3, 0.4) is 0 Å². The van der Waals surface area contributed by atoms with Crippen LogP contribution in [0.5, 0.6) is 5.75 Å². The Bertz CT molecular complexity index is 1200. The monoisotopic (exact) mass is 538 g/mol. The van der Waals surface area contributed by atoms with E-state index in [9.17, 15) is 8.42 Å². The second-order valence-corrected chi connectivity index (χ2v) is 11.5. The van der Waals surface area contributed by atoms with Gasteiger partial charge in [0.2, 0.25) is 10.0 Å². The fourth-order valence-electron chi connectivity index (χ4n) is 3.77. The smallest absolute Gasteiger partial charge is 0.247 e. The standard InChI is InChI=1S/C22H24BrClN4O3S/c1-15(2)9-20-14-31-21-10-17(23)5-8-22(21)32(29,30)28(20)13-19-12-27(26-25-19)11-16-3-6-18(24)7-4-16/h3-8,10,12,15,20H,9,11,13-14H2,1-2H3/t20-/m1/s1. The maximum Gasteiger partial charge on any atom is 0.247 e. The minimum atomic E-state index is -3.79. The van der Waals surface area contributed by atoms with Gasteiger partial charge in [0, 0.05) is 9.50 Å². The van der Waals surface area contributed by atoms with Crippen LogP contribution in [0.25, 0.3) is 0 Å². The molecule has 0 aliphatic carbocycles. The first-order chi connectivity index (χ1) is 15.2. The molecule has 0 saturated heterocycles. The number of ether oxygens (including phenoxy) is 1. The number of fused-ring (bicyclic) bond motifs is 1. The summed E-state index contributed by atoms with van der Waals surface area (Å²) in [5, 5.41) is 9.09. The maximum atomic E-state index is 13.6. The van der Waals surface area contributed by atoms with E-state index in [0.717, 1.165) is 10.0 Å². The van der Waals surface area contributed by atoms with Gasteiger partial charge >= 0.3 is 0 Å². The van der Waals surface area contributed by atoms with Crippen LogP contribution >= 0.6 is 27.5 Å². The fourth-order valence-corrected chi connectivity index (χ4v) is 5.94. The summed E-state index contributed by atoms with van der Waals surface area (Å²) in [7, 11) is -3.79. The normalized spacial score (nSPS) is 18.2. The van der Waals surface area contributed by atoms with Crippen molar-refractivity contribution >= 4 is 37.6 Å². The highest BCUT2D eigenvalue weighted by atomic mass is 79.9. The molecule has 4 rings (SSSR count). The Balaban J connectivity index is 1.62. The molecule has 1 atom stereocenters. The van der Waals surface area contributed by atoms with Crippen molar-refractivity contribution in [3.63, 3.8) is 0 Å². The van der Waals surface area contributed by atoms with Gasteiger partial charge in [0.1, 0.15) is 17.3 Å². The molecule has 0 spiro atoms. The lowest BCUT2D eigenvalue weighted by Crippen LogP contribution is -2.42. The van der Waals surface area contributed by atoms with Crippen molar-refractivity contribution in [2.45, 2.75) is 44.3 Å². The lowest BCUT2D eigenvalue weighted by molar-refractivity contribution is 0.186. The average Bonchev–Trinajstić information content (AvgIpc) is 3.14. The molecule has 3 aromatic rings. The molecule has 0 radical (unpaired) electrons. The minimum absolute atomic E-state index is 0.124. The fraction of sp³-hybridized carbons (Fsp3) is 0.364. The van der Waals surface area contributed by atoms with Gasteiger partial charge in [0.15, 0.2) is 0 Å². The van der Waals surface area contributed by atoms with Crippen LogP contribution in [0.1, 0.15) is 31.5 Å². The number of halogens is 2. The minimum Gasteiger partial charge on any atom is -0.490 e. The molecule has 0 saturated carbocycles. The number of sulfonamides is 1. The zero-order valence-corrected chi connectivity index (χ0v) is 20.9. The number of benzene rings is 2. The summed E-state index contributed by atoms with van der Waals surface area (Å²) >= 11 is 9.35. The molecular formula is C22H24BrClN4O3S. The zero-order valence-electron chi connectivity index (χ0n) is 17.8. The third kappa shape index (κ3) is 5.17. The van der Waals surface area contributed by atoms with E-state index in [2.05, 4.69) is 40.1 Å². The molecule has 7 nitrogen and oxygen atoms in total. The first kappa shape index (κ1) is 23.2. The van der Waals surface area contributed by atoms with Crippen molar-refractivity contribution in [2.75, 3.05) is 6.61 Å². The maximum absolute atomic E-state index is 13.6. The van der Waals surface area contributed by atoms with E-state index < -0.39 is 10.0 Å². The van der Waals surface area contributed by atoms with E-state index in [0.29, 0.717) is 35.3 Å². The number of rotatable bonds is 6. The van der Waals surface area contributed by atoms with Gasteiger partial charge in [-0.2, -0.15) is 4.31 Å². The van der Waals surface area contributed by atoms with Crippen molar-refractivity contribution in [3.05, 3.63) is 69.4 Å². The quantitative estimate of drug-likeness (QED) is 0.452. The summed E-state index contributed by atoms with van der Waals surface area (Å²) < 4.78 is 37.2. The number of nitrogens with zero attached hydrogens (tertiary/aromatic N) is 4. The lowest BCUT2D eigenvalue weighted by atomic mass is 10.0. The first-order valence-corrected chi connectivity index (χ1v) is 12.9. The molecule has 0 bridgehead atoms. The molecule has 170 valence electrons. The van der Waals surface area contributed by atoms with E-state index in [4.69, 9.17) is 16.3 Å². The van der Waals surface area contributed by atoms with Crippen molar-refractivity contribution in [3.8, 4) is 5.75 Å². The first-order valence-electron chi connectivity index (χ1n) is 10.3. The molecular weight excluding hydrogens is 516 g/mol. The summed E-state index contributed by atoms with van der Waals surface area (Å²) in [5.41, 5.74) is 1.61. The number of hydrogen-bond donors (Lipinski definition) is 0. The Labute approximate surface area is 201 Å². The number of hydrogen-bond acceptors (Lipinski definition) is 5. The third-order valence-electron chi connectivity index (χ3n) is 5.24. The molecule has 2 aromatic carbocycles. The van der Waals surface area contributed by atoms with Gasteiger partial charge in [0.05, 0.1) is 31.0 Å². The van der Waals surface area contributed by atoms with E-state index in [1.54, 1.807) is 29.1 Å². The molecule has 32 heavy (non-hydrogen) atoms. The summed E-state index contributed by atoms with van der Waals surface area (Å²) in [4.78, 5) is 0.167. The Morgan fingerprint density at radius 3 is 2.66 bits per heavy atom. The average molecular weight is 540 g/mol. The van der Waals surface area contributed by atoms with Gasteiger partial charge in [-0.3, -0.25) is 0 Å². The second kappa shape index (κ2) is 9.51. The Morgan fingerprint density at radius 1 is 1.19 bits per heavy atom. The Morgan fingerprint density at radius 2 is 1.94 bits per heavy atom. The van der Waals surface area contributed by atoms with Crippen LogP contribution in [-0.2, 0) is 23.1 Å². The van der Waals surface area contributed by atoms with Gasteiger partial charge in [-0.1, -0.05) is 58.7 Å². The molecule has 0 amide bonds. The van der Waals surface area contributed by atoms with Gasteiger partial charge in [0.25, 0.3) is 0 Å². The predicted octanol–water partition coefficient (Wildman–Crippen LogP) is 4.74. The summed E-state index contributed by atoms with van der Waals surface area (Å²) in [6.45, 7) is 5.06. The van der Waals surface area contributed by atoms with Crippen molar-refractivity contribution in [1.29, 1.82) is 0 Å². The highest BCUT2D eigenvalue weighted by Gasteiger charge is 2.38. The molecule has 1 aliphatic rings. The van der Waals surface area contributed by atoms with Crippen LogP contribution in [-0.4, -0.2) is 40.4 Å². The predicted molar refractivity (Wildman–Crippen MR) is 126 cm³/mol. The molecule has 10 heteroatoms. The van der Waals surface area contributed by atoms with E-state index in [1.165, 1.54) is 4.31 Å². The SMILES string of the molecule is CC(C)C[C@@H]1COc2cc(Br)ccc2S(=O)(=O)N1Cc1cn(Cc2ccc(Cl)cc2)nn1. The van der Waals surface area contributed by atoms with Gasteiger partial charge in [-0.25, -0.2) is 13.1 Å². The van der Waals surface area contributed by atoms with Crippen molar-refractivity contribution in [2.24, 2.45) is 5.92 Å². The third-order valence-corrected chi connectivity index (χ3v) is 7.92. The highest BCUT2D eigenvalue weighted by molar-refractivity contribution is 9.10. The van der Waals surface area contributed by atoms with Crippen LogP contribution in [0.2, 0.25) is 5.02 Å². The van der Waals surface area contributed by atoms with E-state index in [1.807, 2.05) is 24.3 Å². The van der Waals surface area contributed by atoms with E-state index in [-0.39, 0.29) is 24.1 Å². The molecule has 2 heterocycles. The molecule has 0 fully saturated rings. The second-order valence-electron chi connectivity index (χ2n) is 8.27. The topological polar surface area (TPSA) is 77.3 Å². The van der Waals surface area contributed by atoms with Crippen LogP contribution in [0, 0.1) is 5.92 Å². The number of aromatic nitrogens is 3. The van der Waals surface area contributed by atoms with Crippen molar-refractivity contribution in [1.82, 2.24) is 19.3 Å². The zero-order chi connectivity index (χ0) is 22.9. The van der Waals surface area contributed by atoms with E-state index >= 15 is 0 Å². The molecule has 1 aromatic heterocycles. The van der Waals surface area contributed by atoms with Gasteiger partial charge in [-0.05, 0) is 48.2 Å². The Kier molecular flexibility index (Phi) is 6.90. The van der Waals surface area contributed by atoms with Gasteiger partial charge < -0.3 is 4.74 Å².